The van der Waals surface area contributed by atoms with E-state index >= 15 is 0 Å². The molecule has 0 aliphatic rings. The molecule has 0 aliphatic heterocycles. The number of rotatable bonds is 2. The smallest absolute Gasteiger partial charge is 0.144 e. The largest absolute Gasteiger partial charge is 0.492 e. The highest BCUT2D eigenvalue weighted by molar-refractivity contribution is 9.10. The number of hydrogen-bond donors (Lipinski definition) is 1. The van der Waals surface area contributed by atoms with Crippen LogP contribution in [0.5, 0.6) is 5.75 Å². The van der Waals surface area contributed by atoms with Crippen molar-refractivity contribution >= 4 is 26.8 Å². The van der Waals surface area contributed by atoms with E-state index in [2.05, 4.69) is 20.9 Å². The van der Waals surface area contributed by atoms with Gasteiger partial charge in [-0.2, -0.15) is 0 Å². The molecule has 0 spiro atoms. The predicted molar refractivity (Wildman–Crippen MR) is 57.2 cm³/mol. The first-order valence-electron chi connectivity index (χ1n) is 4.21. The van der Waals surface area contributed by atoms with Crippen molar-refractivity contribution in [3.8, 4) is 5.75 Å². The molecule has 2 rings (SSSR count). The van der Waals surface area contributed by atoms with Gasteiger partial charge in [0, 0.05) is 16.1 Å². The minimum Gasteiger partial charge on any atom is -0.492 e. The van der Waals surface area contributed by atoms with Gasteiger partial charge in [-0.1, -0.05) is 6.07 Å². The Hall–Kier alpha value is -0.960. The van der Waals surface area contributed by atoms with Crippen LogP contribution in [0.3, 0.4) is 0 Å². The van der Waals surface area contributed by atoms with Gasteiger partial charge in [0.1, 0.15) is 5.75 Å². The highest BCUT2D eigenvalue weighted by Gasteiger charge is 2.05. The second-order valence-corrected chi connectivity index (χ2v) is 3.60. The van der Waals surface area contributed by atoms with Crippen molar-refractivity contribution in [3.63, 3.8) is 0 Å². The van der Waals surface area contributed by atoms with E-state index < -0.39 is 0 Å². The SMILES string of the molecule is CCOc1c[nH]c2c(Br)cccc12. The molecule has 0 unspecified atom stereocenters. The quantitative estimate of drug-likeness (QED) is 0.855. The van der Waals surface area contributed by atoms with Gasteiger partial charge in [0.15, 0.2) is 0 Å². The maximum atomic E-state index is 5.46. The van der Waals surface area contributed by atoms with Gasteiger partial charge in [-0.15, -0.1) is 0 Å². The Kier molecular flexibility index (Phi) is 2.27. The minimum atomic E-state index is 0.694. The summed E-state index contributed by atoms with van der Waals surface area (Å²) in [6.07, 6.45) is 1.89. The van der Waals surface area contributed by atoms with E-state index in [0.717, 1.165) is 21.1 Å². The molecule has 13 heavy (non-hydrogen) atoms. The van der Waals surface area contributed by atoms with Crippen molar-refractivity contribution in [2.45, 2.75) is 6.92 Å². The van der Waals surface area contributed by atoms with Gasteiger partial charge in [-0.3, -0.25) is 0 Å². The van der Waals surface area contributed by atoms with Gasteiger partial charge in [-0.05, 0) is 35.0 Å². The first kappa shape index (κ1) is 8.63. The Morgan fingerprint density at radius 2 is 2.31 bits per heavy atom. The number of nitrogens with one attached hydrogen (secondary N) is 1. The second-order valence-electron chi connectivity index (χ2n) is 2.75. The summed E-state index contributed by atoms with van der Waals surface area (Å²) in [6, 6.07) is 6.05. The zero-order chi connectivity index (χ0) is 9.26. The van der Waals surface area contributed by atoms with Crippen molar-refractivity contribution in [3.05, 3.63) is 28.9 Å². The molecule has 0 radical (unpaired) electrons. The van der Waals surface area contributed by atoms with E-state index in [1.807, 2.05) is 31.3 Å². The van der Waals surface area contributed by atoms with Crippen LogP contribution in [0, 0.1) is 0 Å². The molecule has 0 aliphatic carbocycles. The molecule has 2 aromatic rings. The van der Waals surface area contributed by atoms with Crippen LogP contribution in [0.4, 0.5) is 0 Å². The monoisotopic (exact) mass is 239 g/mol. The fourth-order valence-corrected chi connectivity index (χ4v) is 1.85. The Morgan fingerprint density at radius 1 is 1.46 bits per heavy atom. The zero-order valence-corrected chi connectivity index (χ0v) is 8.89. The van der Waals surface area contributed by atoms with E-state index in [0.29, 0.717) is 6.61 Å². The fraction of sp³-hybridized carbons (Fsp3) is 0.200. The van der Waals surface area contributed by atoms with Crippen molar-refractivity contribution in [1.29, 1.82) is 0 Å². The molecule has 0 saturated carbocycles. The second kappa shape index (κ2) is 3.42. The molecule has 3 heteroatoms. The normalized spacial score (nSPS) is 10.6. The summed E-state index contributed by atoms with van der Waals surface area (Å²) in [5, 5.41) is 1.12. The summed E-state index contributed by atoms with van der Waals surface area (Å²) >= 11 is 3.47. The highest BCUT2D eigenvalue weighted by atomic mass is 79.9. The Bertz CT molecular complexity index is 422. The lowest BCUT2D eigenvalue weighted by Gasteiger charge is -1.99. The molecule has 0 bridgehead atoms. The average molecular weight is 240 g/mol. The van der Waals surface area contributed by atoms with Crippen LogP contribution in [0.2, 0.25) is 0 Å². The lowest BCUT2D eigenvalue weighted by Crippen LogP contribution is -1.89. The standard InChI is InChI=1S/C10H10BrNO/c1-2-13-9-6-12-10-7(9)4-3-5-8(10)11/h3-6,12H,2H2,1H3. The van der Waals surface area contributed by atoms with Crippen LogP contribution in [0.15, 0.2) is 28.9 Å². The van der Waals surface area contributed by atoms with Crippen molar-refractivity contribution in [2.75, 3.05) is 6.61 Å². The van der Waals surface area contributed by atoms with Gasteiger partial charge in [0.05, 0.1) is 12.1 Å². The van der Waals surface area contributed by atoms with Crippen LogP contribution >= 0.6 is 15.9 Å². The van der Waals surface area contributed by atoms with E-state index in [9.17, 15) is 0 Å². The first-order valence-corrected chi connectivity index (χ1v) is 5.00. The third-order valence-electron chi connectivity index (χ3n) is 1.93. The number of benzene rings is 1. The van der Waals surface area contributed by atoms with Gasteiger partial charge < -0.3 is 9.72 Å². The topological polar surface area (TPSA) is 25.0 Å². The summed E-state index contributed by atoms with van der Waals surface area (Å²) in [6.45, 7) is 2.68. The molecule has 0 saturated heterocycles. The molecule has 1 N–H and O–H groups in total. The molecule has 0 atom stereocenters. The fourth-order valence-electron chi connectivity index (χ4n) is 1.37. The molecule has 1 aromatic heterocycles. The van der Waals surface area contributed by atoms with Gasteiger partial charge >= 0.3 is 0 Å². The number of H-pyrrole nitrogens is 1. The van der Waals surface area contributed by atoms with Crippen LogP contribution in [-0.2, 0) is 0 Å². The van der Waals surface area contributed by atoms with E-state index in [-0.39, 0.29) is 0 Å². The lowest BCUT2D eigenvalue weighted by molar-refractivity contribution is 0.344. The molecule has 1 aromatic carbocycles. The van der Waals surface area contributed by atoms with Gasteiger partial charge in [0.2, 0.25) is 0 Å². The predicted octanol–water partition coefficient (Wildman–Crippen LogP) is 3.33. The Morgan fingerprint density at radius 3 is 3.08 bits per heavy atom. The highest BCUT2D eigenvalue weighted by Crippen LogP contribution is 2.30. The first-order chi connectivity index (χ1) is 6.33. The molecular weight excluding hydrogens is 230 g/mol. The van der Waals surface area contributed by atoms with Crippen molar-refractivity contribution < 1.29 is 4.74 Å². The van der Waals surface area contributed by atoms with Crippen molar-refractivity contribution in [2.24, 2.45) is 0 Å². The molecule has 2 nitrogen and oxygen atoms in total. The molecular formula is C10H10BrNO. The maximum absolute atomic E-state index is 5.46. The van der Waals surface area contributed by atoms with Crippen LogP contribution in [-0.4, -0.2) is 11.6 Å². The molecule has 0 fully saturated rings. The maximum Gasteiger partial charge on any atom is 0.144 e. The van der Waals surface area contributed by atoms with Crippen LogP contribution in [0.25, 0.3) is 10.9 Å². The molecule has 1 heterocycles. The number of hydrogen-bond acceptors (Lipinski definition) is 1. The summed E-state index contributed by atoms with van der Waals surface area (Å²) in [5.74, 6) is 0.916. The van der Waals surface area contributed by atoms with Crippen LogP contribution in [0.1, 0.15) is 6.92 Å². The Labute approximate surface area is 85.0 Å². The number of para-hydroxylation sites is 1. The number of aromatic nitrogens is 1. The molecule has 68 valence electrons. The van der Waals surface area contributed by atoms with Gasteiger partial charge in [-0.25, -0.2) is 0 Å². The van der Waals surface area contributed by atoms with Gasteiger partial charge in [0.25, 0.3) is 0 Å². The number of fused-ring (bicyclic) bond motifs is 1. The molecule has 0 amide bonds. The number of halogens is 1. The Balaban J connectivity index is 2.61. The lowest BCUT2D eigenvalue weighted by atomic mass is 10.2. The van der Waals surface area contributed by atoms with Crippen molar-refractivity contribution in [1.82, 2.24) is 4.98 Å². The third-order valence-corrected chi connectivity index (χ3v) is 2.59. The average Bonchev–Trinajstić information content (AvgIpc) is 2.51. The van der Waals surface area contributed by atoms with E-state index in [1.54, 1.807) is 0 Å². The summed E-state index contributed by atoms with van der Waals surface area (Å²) in [5.41, 5.74) is 1.09. The minimum absolute atomic E-state index is 0.694. The number of aromatic amines is 1. The van der Waals surface area contributed by atoms with Crippen LogP contribution < -0.4 is 4.74 Å². The summed E-state index contributed by atoms with van der Waals surface area (Å²) < 4.78 is 6.53. The number of ether oxygens (including phenoxy) is 1. The van der Waals surface area contributed by atoms with E-state index in [4.69, 9.17) is 4.74 Å². The zero-order valence-electron chi connectivity index (χ0n) is 7.30. The third kappa shape index (κ3) is 1.44. The summed E-state index contributed by atoms with van der Waals surface area (Å²) in [7, 11) is 0. The van der Waals surface area contributed by atoms with E-state index in [1.165, 1.54) is 0 Å². The summed E-state index contributed by atoms with van der Waals surface area (Å²) in [4.78, 5) is 3.17.